The number of carbonyl (C=O) groups excluding carboxylic acids is 1. The lowest BCUT2D eigenvalue weighted by Crippen LogP contribution is -2.16. The third-order valence-corrected chi connectivity index (χ3v) is 3.73. The highest BCUT2D eigenvalue weighted by molar-refractivity contribution is 7.20. The molecule has 0 spiro atoms. The summed E-state index contributed by atoms with van der Waals surface area (Å²) in [7, 11) is 0. The van der Waals surface area contributed by atoms with Crippen molar-refractivity contribution in [3.05, 3.63) is 45.9 Å². The van der Waals surface area contributed by atoms with Crippen LogP contribution in [0.4, 0.5) is 0 Å². The molecular weight excluding hydrogens is 250 g/mol. The monoisotopic (exact) mass is 259 g/mol. The zero-order valence-corrected chi connectivity index (χ0v) is 10.3. The normalized spacial score (nSPS) is 10.9. The van der Waals surface area contributed by atoms with Crippen molar-refractivity contribution in [2.75, 3.05) is 0 Å². The molecular formula is C12H9N3O2S. The van der Waals surface area contributed by atoms with E-state index in [0.29, 0.717) is 17.1 Å². The van der Waals surface area contributed by atoms with E-state index in [0.717, 1.165) is 10.2 Å². The number of para-hydroxylation sites is 1. The lowest BCUT2D eigenvalue weighted by molar-refractivity contribution is 0.112. The fourth-order valence-electron chi connectivity index (χ4n) is 1.79. The summed E-state index contributed by atoms with van der Waals surface area (Å²) < 4.78 is 2.31. The number of aryl methyl sites for hydroxylation is 1. The van der Waals surface area contributed by atoms with Gasteiger partial charge in [-0.1, -0.05) is 23.5 Å². The number of nitrogens with one attached hydrogen (secondary N) is 1. The summed E-state index contributed by atoms with van der Waals surface area (Å²) in [4.78, 5) is 27.1. The summed E-state index contributed by atoms with van der Waals surface area (Å²) in [5.41, 5.74) is 1.18. The SMILES string of the molecule is Cc1[nH]n(-c2nc3ccccc3s2)c(=O)c1C=O. The van der Waals surface area contributed by atoms with Crippen LogP contribution in [-0.2, 0) is 0 Å². The van der Waals surface area contributed by atoms with E-state index in [-0.39, 0.29) is 11.1 Å². The van der Waals surface area contributed by atoms with E-state index in [1.54, 1.807) is 6.92 Å². The fourth-order valence-corrected chi connectivity index (χ4v) is 2.71. The van der Waals surface area contributed by atoms with Gasteiger partial charge >= 0.3 is 0 Å². The highest BCUT2D eigenvalue weighted by Gasteiger charge is 2.14. The Morgan fingerprint density at radius 3 is 2.83 bits per heavy atom. The number of hydrogen-bond donors (Lipinski definition) is 1. The van der Waals surface area contributed by atoms with Crippen LogP contribution >= 0.6 is 11.3 Å². The first-order valence-electron chi connectivity index (χ1n) is 5.33. The minimum Gasteiger partial charge on any atom is -0.298 e. The largest absolute Gasteiger partial charge is 0.298 e. The lowest BCUT2D eigenvalue weighted by atomic mass is 10.3. The molecule has 5 nitrogen and oxygen atoms in total. The van der Waals surface area contributed by atoms with E-state index >= 15 is 0 Å². The van der Waals surface area contributed by atoms with Gasteiger partial charge in [-0.2, -0.15) is 4.68 Å². The molecule has 2 aromatic heterocycles. The van der Waals surface area contributed by atoms with Crippen molar-refractivity contribution in [3.8, 4) is 5.13 Å². The zero-order chi connectivity index (χ0) is 12.7. The number of aromatic nitrogens is 3. The van der Waals surface area contributed by atoms with Crippen molar-refractivity contribution in [2.24, 2.45) is 0 Å². The number of aromatic amines is 1. The summed E-state index contributed by atoms with van der Waals surface area (Å²) in [6, 6.07) is 7.64. The quantitative estimate of drug-likeness (QED) is 0.715. The van der Waals surface area contributed by atoms with Crippen LogP contribution in [0.1, 0.15) is 16.1 Å². The average Bonchev–Trinajstić information content (AvgIpc) is 2.90. The Hall–Kier alpha value is -2.21. The van der Waals surface area contributed by atoms with E-state index in [4.69, 9.17) is 0 Å². The van der Waals surface area contributed by atoms with Gasteiger partial charge in [0.15, 0.2) is 6.29 Å². The molecule has 0 saturated heterocycles. The molecule has 3 aromatic rings. The molecule has 1 N–H and O–H groups in total. The van der Waals surface area contributed by atoms with E-state index in [9.17, 15) is 9.59 Å². The Bertz CT molecular complexity index is 764. The smallest absolute Gasteiger partial charge is 0.284 e. The predicted molar refractivity (Wildman–Crippen MR) is 69.7 cm³/mol. The number of nitrogens with zero attached hydrogens (tertiary/aromatic N) is 2. The average molecular weight is 259 g/mol. The van der Waals surface area contributed by atoms with Crippen molar-refractivity contribution in [3.63, 3.8) is 0 Å². The van der Waals surface area contributed by atoms with Crippen molar-refractivity contribution in [1.29, 1.82) is 0 Å². The molecule has 2 heterocycles. The molecule has 6 heteroatoms. The van der Waals surface area contributed by atoms with Crippen molar-refractivity contribution >= 4 is 27.8 Å². The van der Waals surface area contributed by atoms with E-state index in [2.05, 4.69) is 10.1 Å². The van der Waals surface area contributed by atoms with E-state index in [1.807, 2.05) is 24.3 Å². The second kappa shape index (κ2) is 3.92. The van der Waals surface area contributed by atoms with Crippen molar-refractivity contribution in [1.82, 2.24) is 14.8 Å². The molecule has 1 aromatic carbocycles. The molecule has 90 valence electrons. The first kappa shape index (κ1) is 10.9. The Labute approximate surface area is 106 Å². The molecule has 0 saturated carbocycles. The van der Waals surface area contributed by atoms with Crippen LogP contribution in [0.2, 0.25) is 0 Å². The second-order valence-corrected chi connectivity index (χ2v) is 4.88. The molecule has 0 aliphatic heterocycles. The number of H-pyrrole nitrogens is 1. The molecule has 0 amide bonds. The van der Waals surface area contributed by atoms with Crippen LogP contribution < -0.4 is 5.56 Å². The van der Waals surface area contributed by atoms with Gasteiger partial charge < -0.3 is 0 Å². The number of fused-ring (bicyclic) bond motifs is 1. The Morgan fingerprint density at radius 1 is 1.39 bits per heavy atom. The first-order chi connectivity index (χ1) is 8.70. The van der Waals surface area contributed by atoms with Crippen LogP contribution in [0.15, 0.2) is 29.1 Å². The molecule has 0 aliphatic rings. The van der Waals surface area contributed by atoms with E-state index in [1.165, 1.54) is 16.0 Å². The molecule has 0 bridgehead atoms. The molecule has 0 unspecified atom stereocenters. The molecule has 0 atom stereocenters. The van der Waals surface area contributed by atoms with Crippen molar-refractivity contribution < 1.29 is 4.79 Å². The standard InChI is InChI=1S/C12H9N3O2S/c1-7-8(6-16)11(17)15(14-7)12-13-9-4-2-3-5-10(9)18-12/h2-6,14H,1H3. The molecule has 18 heavy (non-hydrogen) atoms. The zero-order valence-electron chi connectivity index (χ0n) is 9.51. The highest BCUT2D eigenvalue weighted by Crippen LogP contribution is 2.23. The molecule has 0 aliphatic carbocycles. The Kier molecular flexibility index (Phi) is 2.38. The number of benzene rings is 1. The van der Waals surface area contributed by atoms with Gasteiger partial charge in [0.1, 0.15) is 5.56 Å². The van der Waals surface area contributed by atoms with Gasteiger partial charge in [-0.05, 0) is 19.1 Å². The van der Waals surface area contributed by atoms with Crippen LogP contribution in [0.25, 0.3) is 15.3 Å². The van der Waals surface area contributed by atoms with Gasteiger partial charge in [-0.15, -0.1) is 0 Å². The van der Waals surface area contributed by atoms with Crippen LogP contribution in [0, 0.1) is 6.92 Å². The van der Waals surface area contributed by atoms with Gasteiger partial charge in [-0.25, -0.2) is 4.98 Å². The summed E-state index contributed by atoms with van der Waals surface area (Å²) in [6.45, 7) is 1.69. The number of thiazole rings is 1. The van der Waals surface area contributed by atoms with Gasteiger partial charge in [0, 0.05) is 5.69 Å². The third-order valence-electron chi connectivity index (χ3n) is 2.71. The maximum absolute atomic E-state index is 12.0. The number of hydrogen-bond acceptors (Lipinski definition) is 4. The van der Waals surface area contributed by atoms with Crippen LogP contribution in [0.5, 0.6) is 0 Å². The van der Waals surface area contributed by atoms with Gasteiger partial charge in [0.25, 0.3) is 5.56 Å². The van der Waals surface area contributed by atoms with Crippen LogP contribution in [0.3, 0.4) is 0 Å². The fraction of sp³-hybridized carbons (Fsp3) is 0.0833. The predicted octanol–water partition coefficient (Wildman–Crippen LogP) is 1.90. The topological polar surface area (TPSA) is 67.8 Å². The third kappa shape index (κ3) is 1.50. The Balaban J connectivity index is 2.26. The highest BCUT2D eigenvalue weighted by atomic mass is 32.1. The second-order valence-electron chi connectivity index (χ2n) is 3.87. The molecule has 3 rings (SSSR count). The molecule has 0 radical (unpaired) electrons. The maximum Gasteiger partial charge on any atom is 0.284 e. The lowest BCUT2D eigenvalue weighted by Gasteiger charge is -1.92. The van der Waals surface area contributed by atoms with Crippen LogP contribution in [-0.4, -0.2) is 21.1 Å². The maximum atomic E-state index is 12.0. The van der Waals surface area contributed by atoms with Gasteiger partial charge in [0.05, 0.1) is 10.2 Å². The summed E-state index contributed by atoms with van der Waals surface area (Å²) >= 11 is 1.40. The van der Waals surface area contributed by atoms with Gasteiger partial charge in [0.2, 0.25) is 5.13 Å². The number of rotatable bonds is 2. The summed E-state index contributed by atoms with van der Waals surface area (Å²) in [5, 5.41) is 3.40. The minimum atomic E-state index is -0.360. The Morgan fingerprint density at radius 2 is 2.17 bits per heavy atom. The van der Waals surface area contributed by atoms with Crippen molar-refractivity contribution in [2.45, 2.75) is 6.92 Å². The first-order valence-corrected chi connectivity index (χ1v) is 6.15. The number of aldehydes is 1. The number of carbonyl (C=O) groups is 1. The van der Waals surface area contributed by atoms with E-state index < -0.39 is 0 Å². The summed E-state index contributed by atoms with van der Waals surface area (Å²) in [5.74, 6) is 0. The minimum absolute atomic E-state index is 0.147. The van der Waals surface area contributed by atoms with Gasteiger partial charge in [-0.3, -0.25) is 14.7 Å². The summed E-state index contributed by atoms with van der Waals surface area (Å²) in [6.07, 6.45) is 0.567. The molecule has 0 fully saturated rings.